The van der Waals surface area contributed by atoms with Crippen molar-refractivity contribution < 1.29 is 4.79 Å². The molecule has 0 aliphatic heterocycles. The van der Waals surface area contributed by atoms with Crippen molar-refractivity contribution in [2.45, 2.75) is 0 Å². The van der Waals surface area contributed by atoms with E-state index in [0.29, 0.717) is 6.54 Å². The standard InChI is InChI=1S/C6H10N2O2/c1-8(2)5-3-4-6(9)7-10/h3-4H,5H2,1-2H3/b4-3+. The Morgan fingerprint density at radius 2 is 2.20 bits per heavy atom. The summed E-state index contributed by atoms with van der Waals surface area (Å²) in [6.07, 6.45) is 2.75. The lowest BCUT2D eigenvalue weighted by Gasteiger charge is -2.02. The van der Waals surface area contributed by atoms with Gasteiger partial charge in [-0.05, 0) is 14.1 Å². The monoisotopic (exact) mass is 142 g/mol. The fourth-order valence-electron chi connectivity index (χ4n) is 0.395. The number of carbonyl (C=O) groups is 1. The zero-order valence-corrected chi connectivity index (χ0v) is 6.07. The summed E-state index contributed by atoms with van der Waals surface area (Å²) in [4.78, 5) is 21.6. The number of likely N-dealkylation sites (N-methyl/N-ethyl adjacent to an activating group) is 1. The van der Waals surface area contributed by atoms with Gasteiger partial charge in [-0.1, -0.05) is 6.08 Å². The molecule has 0 radical (unpaired) electrons. The maximum absolute atomic E-state index is 10.2. The first-order valence-corrected chi connectivity index (χ1v) is 2.85. The van der Waals surface area contributed by atoms with Gasteiger partial charge in [0.1, 0.15) is 0 Å². The van der Waals surface area contributed by atoms with E-state index in [2.05, 4.69) is 5.18 Å². The van der Waals surface area contributed by atoms with E-state index in [1.807, 2.05) is 19.0 Å². The van der Waals surface area contributed by atoms with Gasteiger partial charge in [0, 0.05) is 17.8 Å². The van der Waals surface area contributed by atoms with E-state index in [1.165, 1.54) is 0 Å². The summed E-state index contributed by atoms with van der Waals surface area (Å²) in [6.45, 7) is 0.640. The maximum Gasteiger partial charge on any atom is 0.309 e. The van der Waals surface area contributed by atoms with Crippen LogP contribution in [0.3, 0.4) is 0 Å². The molecular weight excluding hydrogens is 132 g/mol. The first-order chi connectivity index (χ1) is 4.66. The summed E-state index contributed by atoms with van der Waals surface area (Å²) in [5.41, 5.74) is 0. The van der Waals surface area contributed by atoms with Crippen LogP contribution in [-0.4, -0.2) is 31.4 Å². The third kappa shape index (κ3) is 5.11. The zero-order valence-electron chi connectivity index (χ0n) is 6.07. The van der Waals surface area contributed by atoms with Gasteiger partial charge in [-0.25, -0.2) is 0 Å². The Kier molecular flexibility index (Phi) is 4.32. The third-order valence-corrected chi connectivity index (χ3v) is 0.821. The smallest absolute Gasteiger partial charge is 0.306 e. The van der Waals surface area contributed by atoms with E-state index in [9.17, 15) is 9.70 Å². The number of nitrogens with zero attached hydrogens (tertiary/aromatic N) is 2. The van der Waals surface area contributed by atoms with E-state index >= 15 is 0 Å². The predicted molar refractivity (Wildman–Crippen MR) is 38.5 cm³/mol. The highest BCUT2D eigenvalue weighted by Crippen LogP contribution is 1.80. The second-order valence-corrected chi connectivity index (χ2v) is 2.09. The van der Waals surface area contributed by atoms with E-state index < -0.39 is 5.91 Å². The van der Waals surface area contributed by atoms with Crippen LogP contribution in [0.25, 0.3) is 0 Å². The average molecular weight is 142 g/mol. The number of carbonyl (C=O) groups excluding carboxylic acids is 1. The van der Waals surface area contributed by atoms with Crippen LogP contribution in [0.2, 0.25) is 0 Å². The van der Waals surface area contributed by atoms with E-state index in [4.69, 9.17) is 0 Å². The van der Waals surface area contributed by atoms with Crippen molar-refractivity contribution in [3.8, 4) is 0 Å². The Morgan fingerprint density at radius 3 is 2.60 bits per heavy atom. The minimum atomic E-state index is -0.734. The lowest BCUT2D eigenvalue weighted by Crippen LogP contribution is -2.10. The summed E-state index contributed by atoms with van der Waals surface area (Å²) in [7, 11) is 3.73. The van der Waals surface area contributed by atoms with Crippen LogP contribution < -0.4 is 0 Å². The van der Waals surface area contributed by atoms with Crippen LogP contribution in [-0.2, 0) is 4.79 Å². The normalized spacial score (nSPS) is 10.7. The molecule has 0 heterocycles. The number of hydrogen-bond donors (Lipinski definition) is 0. The van der Waals surface area contributed by atoms with Gasteiger partial charge in [-0.3, -0.25) is 4.79 Å². The van der Waals surface area contributed by atoms with Gasteiger partial charge in [0.15, 0.2) is 0 Å². The van der Waals surface area contributed by atoms with Gasteiger partial charge in [-0.15, -0.1) is 4.91 Å². The number of nitroso groups, excluding NO2 is 1. The van der Waals surface area contributed by atoms with E-state index in [0.717, 1.165) is 6.08 Å². The number of amides is 1. The quantitative estimate of drug-likeness (QED) is 0.423. The van der Waals surface area contributed by atoms with Crippen LogP contribution in [0, 0.1) is 4.91 Å². The first kappa shape index (κ1) is 8.97. The molecule has 0 aromatic carbocycles. The fourth-order valence-corrected chi connectivity index (χ4v) is 0.395. The van der Waals surface area contributed by atoms with E-state index in [-0.39, 0.29) is 0 Å². The molecule has 0 fully saturated rings. The maximum atomic E-state index is 10.2. The van der Waals surface area contributed by atoms with Gasteiger partial charge in [-0.2, -0.15) is 0 Å². The van der Waals surface area contributed by atoms with Crippen molar-refractivity contribution in [3.63, 3.8) is 0 Å². The van der Waals surface area contributed by atoms with Crippen molar-refractivity contribution in [2.24, 2.45) is 5.18 Å². The second-order valence-electron chi connectivity index (χ2n) is 2.09. The van der Waals surface area contributed by atoms with Gasteiger partial charge in [0.05, 0.1) is 0 Å². The highest BCUT2D eigenvalue weighted by atomic mass is 16.3. The SMILES string of the molecule is CN(C)C/C=C/C(=O)N=O. The van der Waals surface area contributed by atoms with Gasteiger partial charge < -0.3 is 4.90 Å². The van der Waals surface area contributed by atoms with Gasteiger partial charge in [0.2, 0.25) is 0 Å². The molecule has 56 valence electrons. The molecule has 0 atom stereocenters. The highest BCUT2D eigenvalue weighted by molar-refractivity contribution is 5.87. The lowest BCUT2D eigenvalue weighted by molar-refractivity contribution is -0.113. The molecule has 0 bridgehead atoms. The van der Waals surface area contributed by atoms with E-state index in [1.54, 1.807) is 6.08 Å². The van der Waals surface area contributed by atoms with Crippen molar-refractivity contribution in [1.29, 1.82) is 0 Å². The molecule has 0 N–H and O–H groups in total. The molecule has 4 nitrogen and oxygen atoms in total. The lowest BCUT2D eigenvalue weighted by atomic mass is 10.4. The molecule has 4 heteroatoms. The van der Waals surface area contributed by atoms with Crippen LogP contribution in [0.4, 0.5) is 0 Å². The molecule has 0 unspecified atom stereocenters. The minimum absolute atomic E-state index is 0.640. The largest absolute Gasteiger partial charge is 0.309 e. The average Bonchev–Trinajstić information content (AvgIpc) is 1.87. The van der Waals surface area contributed by atoms with Crippen LogP contribution in [0.5, 0.6) is 0 Å². The molecular formula is C6H10N2O2. The Morgan fingerprint density at radius 1 is 1.60 bits per heavy atom. The van der Waals surface area contributed by atoms with Gasteiger partial charge in [0.25, 0.3) is 0 Å². The minimum Gasteiger partial charge on any atom is -0.306 e. The van der Waals surface area contributed by atoms with Crippen LogP contribution in [0.15, 0.2) is 17.3 Å². The molecule has 0 rings (SSSR count). The molecule has 0 aromatic rings. The summed E-state index contributed by atoms with van der Waals surface area (Å²) >= 11 is 0. The molecule has 0 aliphatic carbocycles. The number of hydrogen-bond acceptors (Lipinski definition) is 3. The van der Waals surface area contributed by atoms with Crippen molar-refractivity contribution in [2.75, 3.05) is 20.6 Å². The highest BCUT2D eigenvalue weighted by Gasteiger charge is 1.89. The third-order valence-electron chi connectivity index (χ3n) is 0.821. The Hall–Kier alpha value is -1.03. The summed E-state index contributed by atoms with van der Waals surface area (Å²) in [6, 6.07) is 0. The molecule has 0 saturated carbocycles. The topological polar surface area (TPSA) is 49.7 Å². The summed E-state index contributed by atoms with van der Waals surface area (Å²) in [5, 5.41) is 2.19. The van der Waals surface area contributed by atoms with Crippen molar-refractivity contribution in [3.05, 3.63) is 17.1 Å². The van der Waals surface area contributed by atoms with Crippen molar-refractivity contribution in [1.82, 2.24) is 4.90 Å². The Labute approximate surface area is 59.5 Å². The molecule has 0 aliphatic rings. The second kappa shape index (κ2) is 4.81. The summed E-state index contributed by atoms with van der Waals surface area (Å²) in [5.74, 6) is -0.734. The van der Waals surface area contributed by atoms with Crippen molar-refractivity contribution >= 4 is 5.91 Å². The fraction of sp³-hybridized carbons (Fsp3) is 0.500. The molecule has 0 saturated heterocycles. The molecule has 10 heavy (non-hydrogen) atoms. The van der Waals surface area contributed by atoms with Gasteiger partial charge >= 0.3 is 5.91 Å². The Balaban J connectivity index is 3.55. The molecule has 0 aromatic heterocycles. The predicted octanol–water partition coefficient (Wildman–Crippen LogP) is 0.397. The molecule has 1 amide bonds. The molecule has 0 spiro atoms. The zero-order chi connectivity index (χ0) is 7.98. The first-order valence-electron chi connectivity index (χ1n) is 2.85. The number of rotatable bonds is 3. The summed E-state index contributed by atoms with van der Waals surface area (Å²) < 4.78 is 0. The Bertz CT molecular complexity index is 152. The van der Waals surface area contributed by atoms with Crippen LogP contribution >= 0.6 is 0 Å². The van der Waals surface area contributed by atoms with Crippen LogP contribution in [0.1, 0.15) is 0 Å².